The highest BCUT2D eigenvalue weighted by molar-refractivity contribution is 5.99. The van der Waals surface area contributed by atoms with E-state index in [0.29, 0.717) is 25.7 Å². The lowest BCUT2D eigenvalue weighted by atomic mass is 9.97. The summed E-state index contributed by atoms with van der Waals surface area (Å²) >= 11 is 0. The highest BCUT2D eigenvalue weighted by Crippen LogP contribution is 2.21. The molecule has 0 aliphatic carbocycles. The third kappa shape index (κ3) is 25.3. The average Bonchev–Trinajstić information content (AvgIpc) is 4.02. The average molecular weight is 1170 g/mol. The van der Waals surface area contributed by atoms with E-state index >= 15 is 0 Å². The van der Waals surface area contributed by atoms with Crippen molar-refractivity contribution >= 4 is 77.0 Å². The third-order valence-corrected chi connectivity index (χ3v) is 13.9. The number of unbranched alkanes of at least 4 members (excludes halogenated alkanes) is 1. The smallest absolute Gasteiger partial charge is 0.326 e. The quantitative estimate of drug-likeness (QED) is 0.0155. The lowest BCUT2D eigenvalue weighted by molar-refractivity contribution is -0.143. The Morgan fingerprint density at radius 2 is 1.11 bits per heavy atom. The largest absolute Gasteiger partial charge is 0.481 e. The zero-order valence-electron chi connectivity index (χ0n) is 48.1. The van der Waals surface area contributed by atoms with Crippen LogP contribution in [-0.2, 0) is 57.5 Å². The summed E-state index contributed by atoms with van der Waals surface area (Å²) in [5.41, 5.74) is 28.0. The highest BCUT2D eigenvalue weighted by atomic mass is 16.4. The molecule has 22 N–H and O–H groups in total. The highest BCUT2D eigenvalue weighted by Gasteiger charge is 2.41. The molecule has 0 bridgehead atoms. The number of carboxylic acids is 2. The minimum Gasteiger partial charge on any atom is -0.481 e. The van der Waals surface area contributed by atoms with Crippen molar-refractivity contribution in [2.24, 2.45) is 51.4 Å². The van der Waals surface area contributed by atoms with E-state index in [2.05, 4.69) is 47.5 Å². The maximum atomic E-state index is 14.1. The molecule has 1 saturated heterocycles. The minimum atomic E-state index is -1.85. The fourth-order valence-electron chi connectivity index (χ4n) is 8.58. The predicted octanol–water partition coefficient (Wildman–Crippen LogP) is -5.30. The van der Waals surface area contributed by atoms with Gasteiger partial charge in [-0.1, -0.05) is 54.4 Å². The summed E-state index contributed by atoms with van der Waals surface area (Å²) in [6.45, 7) is 10.8. The number of aliphatic hydroxyl groups is 2. The Bertz CT molecular complexity index is 2220. The number of carboxylic acid groups (broad SMARTS) is 2. The summed E-state index contributed by atoms with van der Waals surface area (Å²) in [4.78, 5) is 165. The molecular weight excluding hydrogens is 1080 g/mol. The van der Waals surface area contributed by atoms with Crippen LogP contribution in [0.3, 0.4) is 0 Å². The van der Waals surface area contributed by atoms with Gasteiger partial charge in [0.1, 0.15) is 54.4 Å². The summed E-state index contributed by atoms with van der Waals surface area (Å²) in [5, 5.41) is 59.5. The molecule has 82 heavy (non-hydrogen) atoms. The molecule has 0 aromatic carbocycles. The molecule has 466 valence electrons. The normalized spacial score (nSPS) is 17.5. The Balaban J connectivity index is 3.42. The zero-order chi connectivity index (χ0) is 62.6. The van der Waals surface area contributed by atoms with Gasteiger partial charge in [-0.2, -0.15) is 0 Å². The number of amides is 10. The molecule has 10 amide bonds. The number of rotatable bonds is 39. The van der Waals surface area contributed by atoms with Gasteiger partial charge in [-0.3, -0.25) is 57.7 Å². The van der Waals surface area contributed by atoms with E-state index in [9.17, 15) is 78.0 Å². The van der Waals surface area contributed by atoms with E-state index in [1.54, 1.807) is 34.6 Å². The van der Waals surface area contributed by atoms with Gasteiger partial charge in [0.2, 0.25) is 59.1 Å². The fourth-order valence-corrected chi connectivity index (χ4v) is 8.58. The molecule has 31 nitrogen and oxygen atoms in total. The molecule has 31 heteroatoms. The number of hydrogen-bond donors (Lipinski definition) is 17. The number of nitrogens with one attached hydrogen (secondary N) is 8. The van der Waals surface area contributed by atoms with Crippen molar-refractivity contribution in [2.45, 2.75) is 198 Å². The molecule has 13 atom stereocenters. The van der Waals surface area contributed by atoms with Crippen LogP contribution in [0.25, 0.3) is 0 Å². The molecule has 0 saturated carbocycles. The first-order chi connectivity index (χ1) is 38.4. The Hall–Kier alpha value is -7.25. The molecule has 1 aliphatic rings. The number of aliphatic hydroxyl groups excluding tert-OH is 2. The van der Waals surface area contributed by atoms with Crippen molar-refractivity contribution in [1.82, 2.24) is 47.4 Å². The molecule has 1 heterocycles. The van der Waals surface area contributed by atoms with E-state index in [1.807, 2.05) is 6.92 Å². The number of carbonyl (C=O) groups excluding carboxylic acids is 10. The van der Waals surface area contributed by atoms with Gasteiger partial charge in [-0.05, 0) is 89.0 Å². The molecule has 1 fully saturated rings. The van der Waals surface area contributed by atoms with Crippen LogP contribution in [0.15, 0.2) is 4.99 Å². The van der Waals surface area contributed by atoms with Crippen LogP contribution < -0.4 is 71.2 Å². The predicted molar refractivity (Wildman–Crippen MR) is 296 cm³/mol. The van der Waals surface area contributed by atoms with E-state index in [4.69, 9.17) is 28.7 Å². The van der Waals surface area contributed by atoms with Crippen molar-refractivity contribution < 1.29 is 78.0 Å². The molecule has 0 unspecified atom stereocenters. The Kier molecular flexibility index (Phi) is 32.8. The van der Waals surface area contributed by atoms with Crippen LogP contribution >= 0.6 is 0 Å². The number of hydrogen-bond acceptors (Lipinski definition) is 17. The Morgan fingerprint density at radius 1 is 0.610 bits per heavy atom. The maximum absolute atomic E-state index is 14.1. The lowest BCUT2D eigenvalue weighted by Gasteiger charge is -2.30. The molecule has 0 aromatic heterocycles. The first-order valence-corrected chi connectivity index (χ1v) is 27.7. The molecule has 0 aromatic rings. The summed E-state index contributed by atoms with van der Waals surface area (Å²) < 4.78 is 0. The van der Waals surface area contributed by atoms with Gasteiger partial charge < -0.3 is 96.5 Å². The van der Waals surface area contributed by atoms with Crippen molar-refractivity contribution in [1.29, 1.82) is 0 Å². The van der Waals surface area contributed by atoms with Crippen molar-refractivity contribution in [3.8, 4) is 0 Å². The first kappa shape index (κ1) is 72.8. The fraction of sp³-hybridized carbons (Fsp3) is 0.745. The van der Waals surface area contributed by atoms with E-state index in [-0.39, 0.29) is 76.0 Å². The zero-order valence-corrected chi connectivity index (χ0v) is 48.1. The lowest BCUT2D eigenvalue weighted by Crippen LogP contribution is -2.62. The number of aliphatic imine (C=N–C) groups is 1. The second-order valence-electron chi connectivity index (χ2n) is 21.1. The second kappa shape index (κ2) is 37.0. The van der Waals surface area contributed by atoms with Crippen LogP contribution in [0.2, 0.25) is 0 Å². The van der Waals surface area contributed by atoms with Crippen molar-refractivity contribution in [2.75, 3.05) is 26.2 Å². The van der Waals surface area contributed by atoms with Crippen LogP contribution in [0.1, 0.15) is 132 Å². The van der Waals surface area contributed by atoms with Crippen LogP contribution in [0.5, 0.6) is 0 Å². The molecule has 0 radical (unpaired) electrons. The van der Waals surface area contributed by atoms with E-state index in [1.165, 1.54) is 4.90 Å². The summed E-state index contributed by atoms with van der Waals surface area (Å²) in [6.07, 6.45) is -1.77. The summed E-state index contributed by atoms with van der Waals surface area (Å²) in [6, 6.07) is -14.8. The first-order valence-electron chi connectivity index (χ1n) is 27.7. The number of aliphatic carboxylic acids is 2. The SMILES string of the molecule is CC[C@H](C)[C@H](N)C(=O)N1CCC[C@H]1C(=O)N[C@@H](CCC(=O)O)C(=O)N[C@H](C(=O)N[C@@H](CC(C)C)C(=O)N[C@@H](CC(N)=O)C(=O)N[C@@H](CCCCN)C(=O)N[C@@H](CO)C(=O)N[C@H](C(=O)N[C@@H](CCCN=C(N)N)C(=O)O)[C@@H](C)CC)[C@@H](C)O. The number of guanidine groups is 1. The van der Waals surface area contributed by atoms with Crippen molar-refractivity contribution in [3.05, 3.63) is 0 Å². The van der Waals surface area contributed by atoms with Crippen molar-refractivity contribution in [3.63, 3.8) is 0 Å². The molecule has 0 spiro atoms. The van der Waals surface area contributed by atoms with Gasteiger partial charge in [-0.15, -0.1) is 0 Å². The molecule has 1 rings (SSSR count). The van der Waals surface area contributed by atoms with Gasteiger partial charge in [0.15, 0.2) is 5.96 Å². The van der Waals surface area contributed by atoms with E-state index < -0.39 is 169 Å². The standard InChI is InChI=1S/C51H91N15O16/c1-8-26(5)38(54)49(80)66-21-13-16-35(66)46(77)59-30(17-18-37(70)71)42(73)65-40(28(7)68)48(79)62-32(22-25(3)4)43(74)61-33(23-36(53)69)44(75)58-29(14-10-11-19-52)41(72)63-34(24-67)45(76)64-39(27(6)9-2)47(78)60-31(50(81)82)15-12-20-57-51(55)56/h25-35,38-40,67-68H,8-24,52,54H2,1-7H3,(H2,53,69)(H,58,75)(H,59,77)(H,60,78)(H,61,74)(H,62,79)(H,63,72)(H,64,76)(H,65,73)(H,70,71)(H,81,82)(H4,55,56,57)/t26-,27-,28+,29-,30-,31-,32-,33-,34-,35-,38-,39-,40-/m0/s1. The summed E-state index contributed by atoms with van der Waals surface area (Å²) in [5.74, 6) is -13.9. The van der Waals surface area contributed by atoms with Crippen LogP contribution in [0.4, 0.5) is 0 Å². The molecule has 1 aliphatic heterocycles. The Morgan fingerprint density at radius 3 is 1.65 bits per heavy atom. The number of primary amides is 1. The number of carbonyl (C=O) groups is 12. The van der Waals surface area contributed by atoms with Gasteiger partial charge in [0, 0.05) is 19.5 Å². The van der Waals surface area contributed by atoms with Gasteiger partial charge in [0.25, 0.3) is 0 Å². The number of nitrogens with two attached hydrogens (primary N) is 5. The topological polar surface area (TPSA) is 528 Å². The number of likely N-dealkylation sites (tertiary alicyclic amines) is 1. The number of nitrogens with zero attached hydrogens (tertiary/aromatic N) is 2. The second-order valence-corrected chi connectivity index (χ2v) is 21.1. The maximum Gasteiger partial charge on any atom is 0.326 e. The molecular formula is C51H91N15O16. The monoisotopic (exact) mass is 1170 g/mol. The van der Waals surface area contributed by atoms with Gasteiger partial charge in [-0.25, -0.2) is 4.79 Å². The third-order valence-electron chi connectivity index (χ3n) is 13.9. The van der Waals surface area contributed by atoms with Gasteiger partial charge >= 0.3 is 11.9 Å². The van der Waals surface area contributed by atoms with Gasteiger partial charge in [0.05, 0.1) is 25.2 Å². The van der Waals surface area contributed by atoms with Crippen LogP contribution in [0, 0.1) is 17.8 Å². The summed E-state index contributed by atoms with van der Waals surface area (Å²) in [7, 11) is 0. The Labute approximate surface area is 477 Å². The van der Waals surface area contributed by atoms with E-state index in [0.717, 1.165) is 6.92 Å². The minimum absolute atomic E-state index is 0.0741. The van der Waals surface area contributed by atoms with Crippen LogP contribution in [-0.4, -0.2) is 195 Å².